The van der Waals surface area contributed by atoms with Gasteiger partial charge in [0, 0.05) is 17.9 Å². The maximum atomic E-state index is 12.7. The molecule has 20 heavy (non-hydrogen) atoms. The molecule has 0 radical (unpaired) electrons. The van der Waals surface area contributed by atoms with Gasteiger partial charge in [0.1, 0.15) is 0 Å². The molecular formula is C16H23NO2S. The largest absolute Gasteiger partial charge is 0.394 e. The Hall–Kier alpha value is -1.00. The minimum Gasteiger partial charge on any atom is -0.394 e. The third-order valence-electron chi connectivity index (χ3n) is 3.83. The smallest absolute Gasteiger partial charge is 0.254 e. The number of carbonyl (C=O) groups is 1. The summed E-state index contributed by atoms with van der Waals surface area (Å²) in [7, 11) is 0. The van der Waals surface area contributed by atoms with E-state index in [1.807, 2.05) is 23.1 Å². The first-order valence-corrected chi connectivity index (χ1v) is 8.65. The van der Waals surface area contributed by atoms with Gasteiger partial charge in [-0.15, -0.1) is 0 Å². The lowest BCUT2D eigenvalue weighted by molar-refractivity contribution is 0.0599. The van der Waals surface area contributed by atoms with Gasteiger partial charge in [-0.05, 0) is 36.8 Å². The molecule has 0 aromatic heterocycles. The minimum absolute atomic E-state index is 0.0193. The molecule has 1 aromatic rings. The molecule has 1 aromatic carbocycles. The molecule has 0 aliphatic carbocycles. The first-order chi connectivity index (χ1) is 9.76. The molecule has 4 heteroatoms. The van der Waals surface area contributed by atoms with E-state index in [-0.39, 0.29) is 18.6 Å². The fraction of sp³-hybridized carbons (Fsp3) is 0.562. The summed E-state index contributed by atoms with van der Waals surface area (Å²) in [6.45, 7) is 0.826. The van der Waals surface area contributed by atoms with Crippen molar-refractivity contribution < 1.29 is 9.90 Å². The third kappa shape index (κ3) is 3.76. The summed E-state index contributed by atoms with van der Waals surface area (Å²) in [4.78, 5) is 14.6. The van der Waals surface area contributed by atoms with Gasteiger partial charge in [-0.1, -0.05) is 25.0 Å². The average molecular weight is 293 g/mol. The quantitative estimate of drug-likeness (QED) is 0.928. The van der Waals surface area contributed by atoms with Crippen LogP contribution < -0.4 is 0 Å². The lowest BCUT2D eigenvalue weighted by Crippen LogP contribution is -2.42. The Kier molecular flexibility index (Phi) is 5.92. The number of benzene rings is 1. The third-order valence-corrected chi connectivity index (χ3v) is 4.46. The molecule has 0 spiro atoms. The summed E-state index contributed by atoms with van der Waals surface area (Å²) in [5.74, 6) is 0.985. The predicted octanol–water partition coefficient (Wildman–Crippen LogP) is 2.93. The van der Waals surface area contributed by atoms with Crippen LogP contribution in [0.4, 0.5) is 0 Å². The number of aliphatic hydroxyl groups excluding tert-OH is 1. The van der Waals surface area contributed by atoms with Gasteiger partial charge in [0.2, 0.25) is 0 Å². The summed E-state index contributed by atoms with van der Waals surface area (Å²) in [6.07, 6.45) is 6.25. The van der Waals surface area contributed by atoms with Gasteiger partial charge in [-0.2, -0.15) is 11.8 Å². The lowest BCUT2D eigenvalue weighted by atomic mass is 10.1. The highest BCUT2D eigenvalue weighted by Gasteiger charge is 2.25. The molecule has 1 saturated heterocycles. The van der Waals surface area contributed by atoms with Crippen molar-refractivity contribution in [1.29, 1.82) is 0 Å². The molecule has 1 unspecified atom stereocenters. The summed E-state index contributed by atoms with van der Waals surface area (Å²) < 4.78 is 0. The first-order valence-electron chi connectivity index (χ1n) is 7.26. The number of hydrogen-bond acceptors (Lipinski definition) is 3. The van der Waals surface area contributed by atoms with Gasteiger partial charge >= 0.3 is 0 Å². The van der Waals surface area contributed by atoms with Crippen molar-refractivity contribution in [3.63, 3.8) is 0 Å². The Morgan fingerprint density at radius 1 is 1.40 bits per heavy atom. The first kappa shape index (κ1) is 15.4. The van der Waals surface area contributed by atoms with Crippen LogP contribution in [0, 0.1) is 0 Å². The maximum Gasteiger partial charge on any atom is 0.254 e. The summed E-state index contributed by atoms with van der Waals surface area (Å²) in [5, 5.41) is 9.52. The zero-order chi connectivity index (χ0) is 14.4. The van der Waals surface area contributed by atoms with Crippen molar-refractivity contribution in [2.45, 2.75) is 37.5 Å². The van der Waals surface area contributed by atoms with E-state index in [4.69, 9.17) is 0 Å². The Balaban J connectivity index is 2.17. The number of hydrogen-bond donors (Lipinski definition) is 1. The maximum absolute atomic E-state index is 12.7. The second kappa shape index (κ2) is 7.70. The van der Waals surface area contributed by atoms with Gasteiger partial charge in [0.15, 0.2) is 0 Å². The Morgan fingerprint density at radius 3 is 3.00 bits per heavy atom. The predicted molar refractivity (Wildman–Crippen MR) is 84.0 cm³/mol. The molecule has 1 atom stereocenters. The van der Waals surface area contributed by atoms with Crippen LogP contribution in [0.2, 0.25) is 0 Å². The van der Waals surface area contributed by atoms with Crippen molar-refractivity contribution in [2.75, 3.05) is 19.4 Å². The van der Waals surface area contributed by atoms with Crippen molar-refractivity contribution in [1.82, 2.24) is 4.90 Å². The van der Waals surface area contributed by atoms with Crippen LogP contribution in [0.15, 0.2) is 24.3 Å². The Labute approximate surface area is 125 Å². The molecule has 0 saturated carbocycles. The normalized spacial score (nSPS) is 19.7. The molecule has 0 bridgehead atoms. The molecular weight excluding hydrogens is 270 g/mol. The fourth-order valence-corrected chi connectivity index (χ4v) is 3.27. The second-order valence-electron chi connectivity index (χ2n) is 5.32. The average Bonchev–Trinajstić information content (AvgIpc) is 2.72. The van der Waals surface area contributed by atoms with Crippen LogP contribution >= 0.6 is 11.8 Å². The van der Waals surface area contributed by atoms with E-state index < -0.39 is 0 Å². The minimum atomic E-state index is -0.0193. The molecule has 3 nitrogen and oxygen atoms in total. The molecule has 110 valence electrons. The van der Waals surface area contributed by atoms with Gasteiger partial charge < -0.3 is 10.0 Å². The van der Waals surface area contributed by atoms with Crippen molar-refractivity contribution in [3.8, 4) is 0 Å². The van der Waals surface area contributed by atoms with Gasteiger partial charge in [0.05, 0.1) is 12.6 Å². The van der Waals surface area contributed by atoms with Crippen LogP contribution in [-0.2, 0) is 5.75 Å². The standard InChI is InChI=1S/C16H23NO2S/c1-20-12-13-6-5-7-14(10-13)16(19)17-9-4-2-3-8-15(17)11-18/h5-7,10,15,18H,2-4,8-9,11-12H2,1H3. The highest BCUT2D eigenvalue weighted by molar-refractivity contribution is 7.97. The highest BCUT2D eigenvalue weighted by Crippen LogP contribution is 2.20. The van der Waals surface area contributed by atoms with E-state index >= 15 is 0 Å². The zero-order valence-electron chi connectivity index (χ0n) is 12.0. The van der Waals surface area contributed by atoms with E-state index in [9.17, 15) is 9.90 Å². The number of rotatable bonds is 4. The number of likely N-dealkylation sites (tertiary alicyclic amines) is 1. The van der Waals surface area contributed by atoms with Crippen molar-refractivity contribution in [3.05, 3.63) is 35.4 Å². The molecule has 1 N–H and O–H groups in total. The number of carbonyl (C=O) groups excluding carboxylic acids is 1. The molecule has 1 aliphatic heterocycles. The molecule has 1 aliphatic rings. The summed E-state index contributed by atoms with van der Waals surface area (Å²) in [5.41, 5.74) is 1.93. The highest BCUT2D eigenvalue weighted by atomic mass is 32.2. The number of thioether (sulfide) groups is 1. The SMILES string of the molecule is CSCc1cccc(C(=O)N2CCCCCC2CO)c1. The fourth-order valence-electron chi connectivity index (χ4n) is 2.76. The number of aliphatic hydroxyl groups is 1. The van der Waals surface area contributed by atoms with Crippen LogP contribution in [0.25, 0.3) is 0 Å². The van der Waals surface area contributed by atoms with E-state index in [0.29, 0.717) is 0 Å². The van der Waals surface area contributed by atoms with Crippen molar-refractivity contribution >= 4 is 17.7 Å². The monoisotopic (exact) mass is 293 g/mol. The lowest BCUT2D eigenvalue weighted by Gasteiger charge is -2.28. The van der Waals surface area contributed by atoms with Gasteiger partial charge in [-0.25, -0.2) is 0 Å². The zero-order valence-corrected chi connectivity index (χ0v) is 12.9. The topological polar surface area (TPSA) is 40.5 Å². The van der Waals surface area contributed by atoms with E-state index in [2.05, 4.69) is 12.3 Å². The molecule has 1 fully saturated rings. The van der Waals surface area contributed by atoms with Crippen LogP contribution in [0.1, 0.15) is 41.6 Å². The Bertz CT molecular complexity index is 450. The van der Waals surface area contributed by atoms with Crippen molar-refractivity contribution in [2.24, 2.45) is 0 Å². The van der Waals surface area contributed by atoms with Crippen LogP contribution in [0.3, 0.4) is 0 Å². The van der Waals surface area contributed by atoms with E-state index in [1.165, 1.54) is 5.56 Å². The summed E-state index contributed by atoms with van der Waals surface area (Å²) >= 11 is 1.75. The van der Waals surface area contributed by atoms with Gasteiger partial charge in [-0.3, -0.25) is 4.79 Å². The number of nitrogens with zero attached hydrogens (tertiary/aromatic N) is 1. The molecule has 1 heterocycles. The molecule has 2 rings (SSSR count). The Morgan fingerprint density at radius 2 is 2.25 bits per heavy atom. The van der Waals surface area contributed by atoms with Crippen LogP contribution in [0.5, 0.6) is 0 Å². The van der Waals surface area contributed by atoms with E-state index in [0.717, 1.165) is 43.5 Å². The summed E-state index contributed by atoms with van der Waals surface area (Å²) in [6, 6.07) is 7.85. The van der Waals surface area contributed by atoms with Crippen LogP contribution in [-0.4, -0.2) is 41.4 Å². The number of amides is 1. The second-order valence-corrected chi connectivity index (χ2v) is 6.18. The van der Waals surface area contributed by atoms with Gasteiger partial charge in [0.25, 0.3) is 5.91 Å². The van der Waals surface area contributed by atoms with E-state index in [1.54, 1.807) is 11.8 Å². The molecule has 1 amide bonds.